The van der Waals surface area contributed by atoms with Crippen LogP contribution in [0.2, 0.25) is 0 Å². The molecule has 0 aliphatic rings. The fraction of sp³-hybridized carbons (Fsp3) is 0.364. The number of benzene rings is 1. The van der Waals surface area contributed by atoms with Crippen molar-refractivity contribution in [3.8, 4) is 17.6 Å². The molecule has 0 N–H and O–H groups in total. The van der Waals surface area contributed by atoms with Crippen molar-refractivity contribution in [3.05, 3.63) is 27.8 Å². The Morgan fingerprint density at radius 1 is 1.56 bits per heavy atom. The number of halogens is 1. The van der Waals surface area contributed by atoms with E-state index in [1.807, 2.05) is 6.07 Å². The maximum absolute atomic E-state index is 10.9. The van der Waals surface area contributed by atoms with Gasteiger partial charge in [0.25, 0.3) is 0 Å². The predicted octanol–water partition coefficient (Wildman–Crippen LogP) is 2.48. The van der Waals surface area contributed by atoms with E-state index in [0.29, 0.717) is 18.9 Å². The van der Waals surface area contributed by atoms with Gasteiger partial charge in [0.1, 0.15) is 0 Å². The molecule has 0 saturated carbocycles. The van der Waals surface area contributed by atoms with Crippen LogP contribution in [-0.2, 0) is 0 Å². The Hall–Kier alpha value is -2.00. The van der Waals surface area contributed by atoms with E-state index in [-0.39, 0.29) is 22.7 Å². The monoisotopic (exact) mass is 270 g/mol. The van der Waals surface area contributed by atoms with Gasteiger partial charge in [-0.25, -0.2) is 0 Å². The summed E-state index contributed by atoms with van der Waals surface area (Å²) in [5.74, 6) is 0.601. The van der Waals surface area contributed by atoms with Crippen molar-refractivity contribution in [2.24, 2.45) is 0 Å². The molecule has 1 rings (SSSR count). The lowest BCUT2D eigenvalue weighted by atomic mass is 10.2. The summed E-state index contributed by atoms with van der Waals surface area (Å²) < 4.78 is 10.3. The summed E-state index contributed by atoms with van der Waals surface area (Å²) in [7, 11) is 1.31. The molecule has 0 spiro atoms. The van der Waals surface area contributed by atoms with Crippen molar-refractivity contribution in [1.29, 1.82) is 5.26 Å². The highest BCUT2D eigenvalue weighted by Crippen LogP contribution is 2.38. The Labute approximate surface area is 109 Å². The average Bonchev–Trinajstić information content (AvgIpc) is 2.37. The zero-order valence-corrected chi connectivity index (χ0v) is 10.4. The van der Waals surface area contributed by atoms with Crippen molar-refractivity contribution in [2.75, 3.05) is 19.6 Å². The highest BCUT2D eigenvalue weighted by atomic mass is 35.5. The molecule has 1 aromatic carbocycles. The van der Waals surface area contributed by atoms with Crippen LogP contribution >= 0.6 is 11.6 Å². The van der Waals surface area contributed by atoms with Crippen LogP contribution in [0.3, 0.4) is 0 Å². The van der Waals surface area contributed by atoms with Gasteiger partial charge >= 0.3 is 5.69 Å². The quantitative estimate of drug-likeness (QED) is 0.343. The molecule has 6 nitrogen and oxygen atoms in total. The van der Waals surface area contributed by atoms with Gasteiger partial charge in [0, 0.05) is 18.0 Å². The largest absolute Gasteiger partial charge is 0.489 e. The third-order valence-electron chi connectivity index (χ3n) is 2.10. The van der Waals surface area contributed by atoms with Gasteiger partial charge < -0.3 is 9.47 Å². The number of hydrogen-bond donors (Lipinski definition) is 0. The maximum atomic E-state index is 10.9. The SMILES string of the molecule is COc1c(OCCCCl)cc(C#N)cc1[N+](=O)[O-]. The lowest BCUT2D eigenvalue weighted by Gasteiger charge is -2.10. The summed E-state index contributed by atoms with van der Waals surface area (Å²) in [6.45, 7) is 0.298. The molecule has 96 valence electrons. The Morgan fingerprint density at radius 3 is 2.78 bits per heavy atom. The lowest BCUT2D eigenvalue weighted by Crippen LogP contribution is -2.02. The number of nitro groups is 1. The maximum Gasteiger partial charge on any atom is 0.316 e. The summed E-state index contributed by atoms with van der Waals surface area (Å²) in [4.78, 5) is 10.3. The van der Waals surface area contributed by atoms with Gasteiger partial charge in [-0.15, -0.1) is 11.6 Å². The molecular weight excluding hydrogens is 260 g/mol. The zero-order valence-electron chi connectivity index (χ0n) is 9.68. The van der Waals surface area contributed by atoms with E-state index < -0.39 is 4.92 Å². The van der Waals surface area contributed by atoms with Crippen LogP contribution in [0.25, 0.3) is 0 Å². The number of nitriles is 1. The lowest BCUT2D eigenvalue weighted by molar-refractivity contribution is -0.385. The molecule has 0 bridgehead atoms. The second-order valence-corrected chi connectivity index (χ2v) is 3.66. The summed E-state index contributed by atoms with van der Waals surface area (Å²) >= 11 is 5.51. The number of hydrogen-bond acceptors (Lipinski definition) is 5. The summed E-state index contributed by atoms with van der Waals surface area (Å²) in [6, 6.07) is 4.39. The Kier molecular flexibility index (Phi) is 5.21. The molecule has 18 heavy (non-hydrogen) atoms. The van der Waals surface area contributed by atoms with Gasteiger partial charge in [0.15, 0.2) is 5.75 Å². The van der Waals surface area contributed by atoms with E-state index in [9.17, 15) is 10.1 Å². The number of alkyl halides is 1. The molecule has 0 atom stereocenters. The fourth-order valence-electron chi connectivity index (χ4n) is 1.34. The van der Waals surface area contributed by atoms with Crippen LogP contribution in [0, 0.1) is 21.4 Å². The average molecular weight is 271 g/mol. The molecule has 0 aromatic heterocycles. The van der Waals surface area contributed by atoms with E-state index in [2.05, 4.69) is 0 Å². The molecule has 0 fully saturated rings. The minimum Gasteiger partial charge on any atom is -0.489 e. The summed E-state index contributed by atoms with van der Waals surface area (Å²) in [5.41, 5.74) is -0.152. The van der Waals surface area contributed by atoms with Gasteiger partial charge in [0.05, 0.1) is 30.3 Å². The van der Waals surface area contributed by atoms with Crippen LogP contribution in [0.5, 0.6) is 11.5 Å². The zero-order chi connectivity index (χ0) is 13.5. The molecule has 0 amide bonds. The summed E-state index contributed by atoms with van der Waals surface area (Å²) in [6.07, 6.45) is 0.593. The van der Waals surface area contributed by atoms with E-state index in [0.717, 1.165) is 6.07 Å². The van der Waals surface area contributed by atoms with Crippen molar-refractivity contribution in [1.82, 2.24) is 0 Å². The number of rotatable bonds is 6. The van der Waals surface area contributed by atoms with Gasteiger partial charge in [-0.1, -0.05) is 0 Å². The predicted molar refractivity (Wildman–Crippen MR) is 65.2 cm³/mol. The van der Waals surface area contributed by atoms with E-state index in [1.54, 1.807) is 0 Å². The minimum absolute atomic E-state index is 0.00794. The van der Waals surface area contributed by atoms with Gasteiger partial charge in [0.2, 0.25) is 5.75 Å². The molecule has 0 aliphatic carbocycles. The standard InChI is InChI=1S/C11H11ClN2O4/c1-17-11-9(14(15)16)5-8(7-13)6-10(11)18-4-2-3-12/h5-6H,2-4H2,1H3. The molecule has 0 saturated heterocycles. The molecular formula is C11H11ClN2O4. The van der Waals surface area contributed by atoms with E-state index in [1.165, 1.54) is 13.2 Å². The number of methoxy groups -OCH3 is 1. The van der Waals surface area contributed by atoms with Crippen LogP contribution in [-0.4, -0.2) is 24.5 Å². The first-order valence-corrected chi connectivity index (χ1v) is 5.62. The number of nitro benzene ring substituents is 1. The first-order chi connectivity index (χ1) is 8.63. The third kappa shape index (κ3) is 3.25. The first-order valence-electron chi connectivity index (χ1n) is 5.09. The smallest absolute Gasteiger partial charge is 0.316 e. The summed E-state index contributed by atoms with van der Waals surface area (Å²) in [5, 5.41) is 19.7. The van der Waals surface area contributed by atoms with Crippen molar-refractivity contribution < 1.29 is 14.4 Å². The van der Waals surface area contributed by atoms with Crippen molar-refractivity contribution in [2.45, 2.75) is 6.42 Å². The Bertz CT molecular complexity index is 485. The Morgan fingerprint density at radius 2 is 2.28 bits per heavy atom. The van der Waals surface area contributed by atoms with Crippen LogP contribution in [0.4, 0.5) is 5.69 Å². The van der Waals surface area contributed by atoms with E-state index >= 15 is 0 Å². The van der Waals surface area contributed by atoms with Crippen LogP contribution in [0.15, 0.2) is 12.1 Å². The molecule has 7 heteroatoms. The van der Waals surface area contributed by atoms with Gasteiger partial charge in [-0.05, 0) is 6.42 Å². The van der Waals surface area contributed by atoms with Crippen molar-refractivity contribution >= 4 is 17.3 Å². The number of ether oxygens (including phenoxy) is 2. The van der Waals surface area contributed by atoms with Gasteiger partial charge in [-0.2, -0.15) is 5.26 Å². The minimum atomic E-state index is -0.617. The molecule has 0 aliphatic heterocycles. The van der Waals surface area contributed by atoms with Crippen molar-refractivity contribution in [3.63, 3.8) is 0 Å². The van der Waals surface area contributed by atoms with E-state index in [4.69, 9.17) is 26.3 Å². The van der Waals surface area contributed by atoms with Gasteiger partial charge in [-0.3, -0.25) is 10.1 Å². The molecule has 0 radical (unpaired) electrons. The number of nitrogens with zero attached hydrogens (tertiary/aromatic N) is 2. The molecule has 0 unspecified atom stereocenters. The molecule has 1 aromatic rings. The van der Waals surface area contributed by atoms with Crippen LogP contribution in [0.1, 0.15) is 12.0 Å². The highest BCUT2D eigenvalue weighted by molar-refractivity contribution is 6.17. The first kappa shape index (κ1) is 14.1. The second kappa shape index (κ2) is 6.67. The fourth-order valence-corrected chi connectivity index (χ4v) is 1.45. The Balaban J connectivity index is 3.17. The highest BCUT2D eigenvalue weighted by Gasteiger charge is 2.21. The molecule has 0 heterocycles. The second-order valence-electron chi connectivity index (χ2n) is 3.29. The topological polar surface area (TPSA) is 85.4 Å². The van der Waals surface area contributed by atoms with Crippen LogP contribution < -0.4 is 9.47 Å². The normalized spacial score (nSPS) is 9.61. The third-order valence-corrected chi connectivity index (χ3v) is 2.37.